The van der Waals surface area contributed by atoms with Gasteiger partial charge in [0.25, 0.3) is 5.56 Å². The normalized spacial score (nSPS) is 15.2. The second-order valence-electron chi connectivity index (χ2n) is 6.84. The van der Waals surface area contributed by atoms with Crippen LogP contribution in [0, 0.1) is 23.7 Å². The third-order valence-electron chi connectivity index (χ3n) is 4.35. The van der Waals surface area contributed by atoms with Crippen LogP contribution in [0.4, 0.5) is 5.69 Å². The zero-order valence-electron chi connectivity index (χ0n) is 13.4. The van der Waals surface area contributed by atoms with E-state index < -0.39 is 0 Å². The van der Waals surface area contributed by atoms with Crippen LogP contribution in [0.3, 0.4) is 0 Å². The van der Waals surface area contributed by atoms with Crippen molar-refractivity contribution in [2.75, 3.05) is 11.9 Å². The highest BCUT2D eigenvalue weighted by Gasteiger charge is 2.23. The van der Waals surface area contributed by atoms with Gasteiger partial charge in [-0.3, -0.25) is 4.79 Å². The minimum absolute atomic E-state index is 0.0301. The largest absolute Gasteiger partial charge is 0.382 e. The SMILES string of the molecule is CC(C)C(CNc1cnn(CC2CC2)c(=O)c1Br)C(C)C. The molecule has 1 aromatic heterocycles. The van der Waals surface area contributed by atoms with Gasteiger partial charge >= 0.3 is 0 Å². The molecule has 5 heteroatoms. The minimum Gasteiger partial charge on any atom is -0.382 e. The minimum atomic E-state index is -0.0301. The molecule has 0 atom stereocenters. The van der Waals surface area contributed by atoms with E-state index in [4.69, 9.17) is 0 Å². The summed E-state index contributed by atoms with van der Waals surface area (Å²) in [6.45, 7) is 10.6. The van der Waals surface area contributed by atoms with Crippen molar-refractivity contribution in [1.82, 2.24) is 9.78 Å². The number of halogens is 1. The van der Waals surface area contributed by atoms with Gasteiger partial charge in [0.1, 0.15) is 4.47 Å². The monoisotopic (exact) mass is 355 g/mol. The summed E-state index contributed by atoms with van der Waals surface area (Å²) in [5.74, 6) is 2.44. The van der Waals surface area contributed by atoms with Gasteiger partial charge in [-0.15, -0.1) is 0 Å². The molecule has 21 heavy (non-hydrogen) atoms. The van der Waals surface area contributed by atoms with Crippen molar-refractivity contribution in [2.45, 2.75) is 47.1 Å². The van der Waals surface area contributed by atoms with Crippen LogP contribution in [-0.2, 0) is 6.54 Å². The van der Waals surface area contributed by atoms with Crippen LogP contribution < -0.4 is 10.9 Å². The molecule has 0 unspecified atom stereocenters. The highest BCUT2D eigenvalue weighted by Crippen LogP contribution is 2.30. The van der Waals surface area contributed by atoms with Crippen LogP contribution in [0.2, 0.25) is 0 Å². The molecule has 1 heterocycles. The van der Waals surface area contributed by atoms with Gasteiger partial charge in [-0.1, -0.05) is 27.7 Å². The van der Waals surface area contributed by atoms with E-state index in [-0.39, 0.29) is 5.56 Å². The molecule has 0 aromatic carbocycles. The van der Waals surface area contributed by atoms with Gasteiger partial charge in [-0.2, -0.15) is 5.10 Å². The predicted octanol–water partition coefficient (Wildman–Crippen LogP) is 3.76. The van der Waals surface area contributed by atoms with Crippen LogP contribution in [-0.4, -0.2) is 16.3 Å². The molecule has 0 amide bonds. The van der Waals surface area contributed by atoms with E-state index in [1.165, 1.54) is 12.8 Å². The van der Waals surface area contributed by atoms with Crippen LogP contribution in [0.1, 0.15) is 40.5 Å². The van der Waals surface area contributed by atoms with Crippen molar-refractivity contribution >= 4 is 21.6 Å². The average Bonchev–Trinajstić information content (AvgIpc) is 3.21. The zero-order valence-corrected chi connectivity index (χ0v) is 15.0. The first-order valence-corrected chi connectivity index (χ1v) is 8.69. The molecule has 1 fully saturated rings. The molecule has 1 aromatic rings. The first-order chi connectivity index (χ1) is 9.90. The Hall–Kier alpha value is -0.840. The molecular weight excluding hydrogens is 330 g/mol. The Morgan fingerprint density at radius 3 is 2.48 bits per heavy atom. The molecule has 1 saturated carbocycles. The number of aromatic nitrogens is 2. The lowest BCUT2D eigenvalue weighted by Gasteiger charge is -2.25. The fourth-order valence-electron chi connectivity index (χ4n) is 2.73. The van der Waals surface area contributed by atoms with E-state index in [1.54, 1.807) is 10.9 Å². The van der Waals surface area contributed by atoms with Crippen LogP contribution in [0.25, 0.3) is 0 Å². The third-order valence-corrected chi connectivity index (χ3v) is 5.12. The Morgan fingerprint density at radius 2 is 1.95 bits per heavy atom. The highest BCUT2D eigenvalue weighted by atomic mass is 79.9. The second-order valence-corrected chi connectivity index (χ2v) is 7.63. The van der Waals surface area contributed by atoms with Crippen molar-refractivity contribution in [3.05, 3.63) is 21.0 Å². The van der Waals surface area contributed by atoms with E-state index in [0.29, 0.717) is 28.1 Å². The standard InChI is InChI=1S/C16H26BrN3O/c1-10(2)13(11(3)4)7-18-14-8-19-20(9-12-5-6-12)16(21)15(14)17/h8,10-13,18H,5-7,9H2,1-4H3. The van der Waals surface area contributed by atoms with Crippen LogP contribution in [0.5, 0.6) is 0 Å². The van der Waals surface area contributed by atoms with E-state index in [9.17, 15) is 4.79 Å². The molecule has 1 aliphatic rings. The highest BCUT2D eigenvalue weighted by molar-refractivity contribution is 9.10. The van der Waals surface area contributed by atoms with Gasteiger partial charge < -0.3 is 5.32 Å². The fraction of sp³-hybridized carbons (Fsp3) is 0.750. The van der Waals surface area contributed by atoms with Gasteiger partial charge in [0.2, 0.25) is 0 Å². The number of hydrogen-bond donors (Lipinski definition) is 1. The summed E-state index contributed by atoms with van der Waals surface area (Å²) in [6, 6.07) is 0. The Morgan fingerprint density at radius 1 is 1.33 bits per heavy atom. The van der Waals surface area contributed by atoms with E-state index >= 15 is 0 Å². The summed E-state index contributed by atoms with van der Waals surface area (Å²) in [6.07, 6.45) is 4.21. The summed E-state index contributed by atoms with van der Waals surface area (Å²) in [5, 5.41) is 7.69. The lowest BCUT2D eigenvalue weighted by molar-refractivity contribution is 0.304. The topological polar surface area (TPSA) is 46.9 Å². The van der Waals surface area contributed by atoms with Crippen molar-refractivity contribution in [3.63, 3.8) is 0 Å². The molecule has 2 rings (SSSR count). The number of rotatable bonds is 7. The Labute approximate surface area is 135 Å². The van der Waals surface area contributed by atoms with Crippen molar-refractivity contribution in [2.24, 2.45) is 23.7 Å². The quantitative estimate of drug-likeness (QED) is 0.809. The lowest BCUT2D eigenvalue weighted by atomic mass is 9.85. The van der Waals surface area contributed by atoms with E-state index in [0.717, 1.165) is 18.8 Å². The number of nitrogens with zero attached hydrogens (tertiary/aromatic N) is 2. The first-order valence-electron chi connectivity index (χ1n) is 7.89. The summed E-state index contributed by atoms with van der Waals surface area (Å²) >= 11 is 3.43. The summed E-state index contributed by atoms with van der Waals surface area (Å²) in [4.78, 5) is 12.3. The molecule has 1 aliphatic carbocycles. The second kappa shape index (κ2) is 6.95. The van der Waals surface area contributed by atoms with Crippen LogP contribution >= 0.6 is 15.9 Å². The predicted molar refractivity (Wildman–Crippen MR) is 90.6 cm³/mol. The lowest BCUT2D eigenvalue weighted by Crippen LogP contribution is -2.28. The molecule has 4 nitrogen and oxygen atoms in total. The Kier molecular flexibility index (Phi) is 5.47. The van der Waals surface area contributed by atoms with E-state index in [2.05, 4.69) is 54.0 Å². The maximum absolute atomic E-state index is 12.3. The molecule has 0 radical (unpaired) electrons. The van der Waals surface area contributed by atoms with Crippen molar-refractivity contribution in [3.8, 4) is 0 Å². The third kappa shape index (κ3) is 4.31. The molecule has 0 aliphatic heterocycles. The summed E-state index contributed by atoms with van der Waals surface area (Å²) < 4.78 is 2.18. The van der Waals surface area contributed by atoms with Gasteiger partial charge in [-0.05, 0) is 52.4 Å². The maximum Gasteiger partial charge on any atom is 0.283 e. The smallest absolute Gasteiger partial charge is 0.283 e. The molecular formula is C16H26BrN3O. The summed E-state index contributed by atoms with van der Waals surface area (Å²) in [7, 11) is 0. The van der Waals surface area contributed by atoms with Crippen molar-refractivity contribution < 1.29 is 0 Å². The fourth-order valence-corrected chi connectivity index (χ4v) is 3.18. The van der Waals surface area contributed by atoms with Gasteiger partial charge in [0.15, 0.2) is 0 Å². The number of anilines is 1. The zero-order chi connectivity index (χ0) is 15.6. The molecule has 0 bridgehead atoms. The van der Waals surface area contributed by atoms with Gasteiger partial charge in [-0.25, -0.2) is 4.68 Å². The van der Waals surface area contributed by atoms with Gasteiger partial charge in [0, 0.05) is 13.1 Å². The number of hydrogen-bond acceptors (Lipinski definition) is 3. The van der Waals surface area contributed by atoms with Crippen LogP contribution in [0.15, 0.2) is 15.5 Å². The van der Waals surface area contributed by atoms with Gasteiger partial charge in [0.05, 0.1) is 11.9 Å². The Bertz CT molecular complexity index is 527. The maximum atomic E-state index is 12.3. The first kappa shape index (κ1) is 16.5. The van der Waals surface area contributed by atoms with Crippen molar-refractivity contribution in [1.29, 1.82) is 0 Å². The molecule has 1 N–H and O–H groups in total. The average molecular weight is 356 g/mol. The molecule has 0 spiro atoms. The van der Waals surface area contributed by atoms with E-state index in [1.807, 2.05) is 0 Å². The summed E-state index contributed by atoms with van der Waals surface area (Å²) in [5.41, 5.74) is 0.774. The molecule has 118 valence electrons. The Balaban J connectivity index is 2.06. The number of nitrogens with one attached hydrogen (secondary N) is 1. The molecule has 0 saturated heterocycles.